The molecule has 0 aliphatic carbocycles. The Labute approximate surface area is 116 Å². The predicted octanol–water partition coefficient (Wildman–Crippen LogP) is 2.95. The molecule has 1 saturated heterocycles. The zero-order valence-electron chi connectivity index (χ0n) is 12.3. The van der Waals surface area contributed by atoms with E-state index in [1.54, 1.807) is 14.2 Å². The molecule has 19 heavy (non-hydrogen) atoms. The van der Waals surface area contributed by atoms with Crippen LogP contribution in [0.15, 0.2) is 12.1 Å². The molecule has 0 bridgehead atoms. The highest BCUT2D eigenvalue weighted by atomic mass is 16.5. The van der Waals surface area contributed by atoms with Gasteiger partial charge in [-0.15, -0.1) is 0 Å². The zero-order valence-corrected chi connectivity index (χ0v) is 12.3. The Morgan fingerprint density at radius 1 is 1.21 bits per heavy atom. The van der Waals surface area contributed by atoms with Crippen LogP contribution in [-0.2, 0) is 12.8 Å². The van der Waals surface area contributed by atoms with Gasteiger partial charge in [-0.3, -0.25) is 0 Å². The number of piperidine rings is 1. The van der Waals surface area contributed by atoms with E-state index in [2.05, 4.69) is 18.3 Å². The van der Waals surface area contributed by atoms with Gasteiger partial charge in [-0.25, -0.2) is 0 Å². The summed E-state index contributed by atoms with van der Waals surface area (Å²) < 4.78 is 10.9. The van der Waals surface area contributed by atoms with E-state index in [4.69, 9.17) is 9.47 Å². The first-order valence-corrected chi connectivity index (χ1v) is 7.26. The van der Waals surface area contributed by atoms with Crippen LogP contribution in [-0.4, -0.2) is 26.8 Å². The fraction of sp³-hybridized carbons (Fsp3) is 0.625. The predicted molar refractivity (Wildman–Crippen MR) is 78.3 cm³/mol. The standard InChI is InChI=1S/C16H25NO2/c1-4-14-12(11-13-7-5-6-10-17-13)8-9-15(18-2)16(14)19-3/h8-9,13,17H,4-7,10-11H2,1-3H3. The van der Waals surface area contributed by atoms with E-state index in [-0.39, 0.29) is 0 Å². The van der Waals surface area contributed by atoms with E-state index >= 15 is 0 Å². The summed E-state index contributed by atoms with van der Waals surface area (Å²) in [5.74, 6) is 1.73. The number of benzene rings is 1. The van der Waals surface area contributed by atoms with Crippen LogP contribution in [0.1, 0.15) is 37.3 Å². The van der Waals surface area contributed by atoms with Crippen molar-refractivity contribution in [1.29, 1.82) is 0 Å². The maximum absolute atomic E-state index is 5.54. The van der Waals surface area contributed by atoms with Crippen LogP contribution in [0.3, 0.4) is 0 Å². The molecule has 1 atom stereocenters. The quantitative estimate of drug-likeness (QED) is 0.886. The molecule has 1 unspecified atom stereocenters. The average molecular weight is 263 g/mol. The molecule has 1 aliphatic heterocycles. The number of rotatable bonds is 5. The van der Waals surface area contributed by atoms with Crippen molar-refractivity contribution < 1.29 is 9.47 Å². The zero-order chi connectivity index (χ0) is 13.7. The first kappa shape index (κ1) is 14.2. The lowest BCUT2D eigenvalue weighted by Gasteiger charge is -2.25. The fourth-order valence-electron chi connectivity index (χ4n) is 2.97. The van der Waals surface area contributed by atoms with E-state index in [1.807, 2.05) is 6.07 Å². The molecule has 0 spiro atoms. The largest absolute Gasteiger partial charge is 0.493 e. The van der Waals surface area contributed by atoms with Crippen LogP contribution in [0.25, 0.3) is 0 Å². The van der Waals surface area contributed by atoms with Gasteiger partial charge in [-0.2, -0.15) is 0 Å². The van der Waals surface area contributed by atoms with Crippen molar-refractivity contribution in [3.05, 3.63) is 23.3 Å². The van der Waals surface area contributed by atoms with Gasteiger partial charge in [0.2, 0.25) is 0 Å². The second-order valence-electron chi connectivity index (χ2n) is 5.14. The molecule has 3 heteroatoms. The SMILES string of the molecule is CCc1c(CC2CCCCN2)ccc(OC)c1OC. The lowest BCUT2D eigenvalue weighted by Crippen LogP contribution is -2.35. The summed E-state index contributed by atoms with van der Waals surface area (Å²) in [6.07, 6.45) is 5.99. The number of nitrogens with one attached hydrogen (secondary N) is 1. The minimum atomic E-state index is 0.608. The maximum atomic E-state index is 5.54. The minimum Gasteiger partial charge on any atom is -0.493 e. The van der Waals surface area contributed by atoms with Crippen LogP contribution >= 0.6 is 0 Å². The maximum Gasteiger partial charge on any atom is 0.164 e. The van der Waals surface area contributed by atoms with Crippen molar-refractivity contribution in [2.24, 2.45) is 0 Å². The molecule has 1 heterocycles. The smallest absolute Gasteiger partial charge is 0.164 e. The van der Waals surface area contributed by atoms with Gasteiger partial charge in [0.05, 0.1) is 14.2 Å². The van der Waals surface area contributed by atoms with Crippen molar-refractivity contribution in [3.63, 3.8) is 0 Å². The Balaban J connectivity index is 2.23. The van der Waals surface area contributed by atoms with Gasteiger partial charge < -0.3 is 14.8 Å². The summed E-state index contributed by atoms with van der Waals surface area (Å²) >= 11 is 0. The van der Waals surface area contributed by atoms with Crippen LogP contribution in [0.2, 0.25) is 0 Å². The van der Waals surface area contributed by atoms with Gasteiger partial charge in [0.15, 0.2) is 11.5 Å². The Hall–Kier alpha value is -1.22. The Morgan fingerprint density at radius 3 is 2.63 bits per heavy atom. The van der Waals surface area contributed by atoms with Crippen LogP contribution in [0, 0.1) is 0 Å². The summed E-state index contributed by atoms with van der Waals surface area (Å²) in [4.78, 5) is 0. The highest BCUT2D eigenvalue weighted by Crippen LogP contribution is 2.34. The summed E-state index contributed by atoms with van der Waals surface area (Å²) in [6, 6.07) is 4.82. The highest BCUT2D eigenvalue weighted by Gasteiger charge is 2.18. The summed E-state index contributed by atoms with van der Waals surface area (Å²) in [5, 5.41) is 3.61. The van der Waals surface area contributed by atoms with Gasteiger partial charge >= 0.3 is 0 Å². The summed E-state index contributed by atoms with van der Waals surface area (Å²) in [5.41, 5.74) is 2.67. The first-order valence-electron chi connectivity index (χ1n) is 7.26. The van der Waals surface area contributed by atoms with Crippen molar-refractivity contribution in [2.75, 3.05) is 20.8 Å². The Bertz CT molecular complexity index is 411. The molecular weight excluding hydrogens is 238 g/mol. The summed E-state index contributed by atoms with van der Waals surface area (Å²) in [6.45, 7) is 3.33. The normalized spacial score (nSPS) is 19.2. The fourth-order valence-corrected chi connectivity index (χ4v) is 2.97. The summed E-state index contributed by atoms with van der Waals surface area (Å²) in [7, 11) is 3.42. The Kier molecular flexibility index (Phi) is 5.08. The molecule has 0 aromatic heterocycles. The topological polar surface area (TPSA) is 30.5 Å². The number of hydrogen-bond acceptors (Lipinski definition) is 3. The van der Waals surface area contributed by atoms with E-state index < -0.39 is 0 Å². The molecular formula is C16H25NO2. The molecule has 1 aromatic rings. The van der Waals surface area contributed by atoms with E-state index in [9.17, 15) is 0 Å². The second kappa shape index (κ2) is 6.80. The molecule has 3 nitrogen and oxygen atoms in total. The number of hydrogen-bond donors (Lipinski definition) is 1. The highest BCUT2D eigenvalue weighted by molar-refractivity contribution is 5.51. The molecule has 0 radical (unpaired) electrons. The van der Waals surface area contributed by atoms with Gasteiger partial charge in [0.1, 0.15) is 0 Å². The first-order chi connectivity index (χ1) is 9.30. The third kappa shape index (κ3) is 3.21. The van der Waals surface area contributed by atoms with Crippen molar-refractivity contribution in [1.82, 2.24) is 5.32 Å². The van der Waals surface area contributed by atoms with Crippen LogP contribution < -0.4 is 14.8 Å². The molecule has 1 N–H and O–H groups in total. The van der Waals surface area contributed by atoms with Gasteiger partial charge in [0.25, 0.3) is 0 Å². The second-order valence-corrected chi connectivity index (χ2v) is 5.14. The molecule has 1 fully saturated rings. The molecule has 1 aromatic carbocycles. The van der Waals surface area contributed by atoms with Crippen molar-refractivity contribution in [3.8, 4) is 11.5 Å². The molecule has 1 aliphatic rings. The molecule has 0 saturated carbocycles. The molecule has 0 amide bonds. The van der Waals surface area contributed by atoms with Crippen molar-refractivity contribution in [2.45, 2.75) is 45.1 Å². The number of methoxy groups -OCH3 is 2. The van der Waals surface area contributed by atoms with Gasteiger partial charge in [0, 0.05) is 11.6 Å². The van der Waals surface area contributed by atoms with Gasteiger partial charge in [-0.05, 0) is 43.9 Å². The van der Waals surface area contributed by atoms with E-state index in [1.165, 1.54) is 30.4 Å². The number of ether oxygens (including phenoxy) is 2. The molecule has 2 rings (SSSR count). The van der Waals surface area contributed by atoms with Gasteiger partial charge in [-0.1, -0.05) is 19.4 Å². The van der Waals surface area contributed by atoms with Crippen molar-refractivity contribution >= 4 is 0 Å². The monoisotopic (exact) mass is 263 g/mol. The molecule has 106 valence electrons. The minimum absolute atomic E-state index is 0.608. The Morgan fingerprint density at radius 2 is 2.05 bits per heavy atom. The van der Waals surface area contributed by atoms with E-state index in [0.29, 0.717) is 6.04 Å². The third-order valence-corrected chi connectivity index (χ3v) is 3.98. The average Bonchev–Trinajstić information content (AvgIpc) is 2.47. The third-order valence-electron chi connectivity index (χ3n) is 3.98. The lowest BCUT2D eigenvalue weighted by molar-refractivity contribution is 0.350. The van der Waals surface area contributed by atoms with Crippen LogP contribution in [0.5, 0.6) is 11.5 Å². The lowest BCUT2D eigenvalue weighted by atomic mass is 9.93. The van der Waals surface area contributed by atoms with E-state index in [0.717, 1.165) is 30.9 Å². The van der Waals surface area contributed by atoms with Crippen LogP contribution in [0.4, 0.5) is 0 Å².